The molecular formula is C13H16BrIN2O. The van der Waals surface area contributed by atoms with Gasteiger partial charge in [-0.2, -0.15) is 0 Å². The highest BCUT2D eigenvalue weighted by atomic mass is 127. The molecule has 1 heterocycles. The Morgan fingerprint density at radius 2 is 2.39 bits per heavy atom. The van der Waals surface area contributed by atoms with Crippen LogP contribution in [0, 0.1) is 3.57 Å². The lowest BCUT2D eigenvalue weighted by Crippen LogP contribution is -2.30. The quantitative estimate of drug-likeness (QED) is 0.732. The number of hydrogen-bond donors (Lipinski definition) is 2. The normalized spacial score (nSPS) is 18.9. The van der Waals surface area contributed by atoms with Crippen LogP contribution in [0.15, 0.2) is 22.7 Å². The Morgan fingerprint density at radius 3 is 3.11 bits per heavy atom. The third-order valence-electron chi connectivity index (χ3n) is 3.11. The molecule has 18 heavy (non-hydrogen) atoms. The average molecular weight is 423 g/mol. The predicted octanol–water partition coefficient (Wildman–Crippen LogP) is 2.93. The molecular weight excluding hydrogens is 407 g/mol. The molecule has 0 saturated carbocycles. The first kappa shape index (κ1) is 14.3. The predicted molar refractivity (Wildman–Crippen MR) is 84.8 cm³/mol. The highest BCUT2D eigenvalue weighted by Gasteiger charge is 2.15. The van der Waals surface area contributed by atoms with Gasteiger partial charge in [-0.15, -0.1) is 0 Å². The molecule has 3 nitrogen and oxygen atoms in total. The molecule has 5 heteroatoms. The van der Waals surface area contributed by atoms with Crippen molar-refractivity contribution in [1.82, 2.24) is 10.6 Å². The van der Waals surface area contributed by atoms with Crippen LogP contribution in [0.2, 0.25) is 0 Å². The number of amides is 1. The van der Waals surface area contributed by atoms with Crippen molar-refractivity contribution in [2.24, 2.45) is 0 Å². The molecule has 0 spiro atoms. The fraction of sp³-hybridized carbons (Fsp3) is 0.462. The standard InChI is InChI=1S/C13H16BrIN2O/c14-9-3-4-12(15)11(8-9)13(18)17-7-5-10-2-1-6-16-10/h3-4,8,10,16H,1-2,5-7H2,(H,17,18)/t10-/m1/s1. The van der Waals surface area contributed by atoms with Crippen molar-refractivity contribution in [2.45, 2.75) is 25.3 Å². The van der Waals surface area contributed by atoms with Crippen molar-refractivity contribution in [3.8, 4) is 0 Å². The molecule has 0 unspecified atom stereocenters. The van der Waals surface area contributed by atoms with E-state index in [9.17, 15) is 4.79 Å². The van der Waals surface area contributed by atoms with Crippen molar-refractivity contribution in [3.05, 3.63) is 31.8 Å². The molecule has 1 aromatic carbocycles. The molecule has 1 atom stereocenters. The molecule has 0 aliphatic carbocycles. The van der Waals surface area contributed by atoms with E-state index in [1.165, 1.54) is 12.8 Å². The van der Waals surface area contributed by atoms with E-state index in [-0.39, 0.29) is 5.91 Å². The first-order chi connectivity index (χ1) is 8.66. The number of benzene rings is 1. The highest BCUT2D eigenvalue weighted by Crippen LogP contribution is 2.18. The summed E-state index contributed by atoms with van der Waals surface area (Å²) in [5, 5.41) is 6.42. The van der Waals surface area contributed by atoms with E-state index in [0.29, 0.717) is 6.04 Å². The number of hydrogen-bond acceptors (Lipinski definition) is 2. The summed E-state index contributed by atoms with van der Waals surface area (Å²) in [4.78, 5) is 12.0. The van der Waals surface area contributed by atoms with Crippen LogP contribution in [0.1, 0.15) is 29.6 Å². The van der Waals surface area contributed by atoms with E-state index in [1.807, 2.05) is 18.2 Å². The lowest BCUT2D eigenvalue weighted by molar-refractivity contribution is 0.0951. The van der Waals surface area contributed by atoms with Crippen molar-refractivity contribution >= 4 is 44.4 Å². The highest BCUT2D eigenvalue weighted by molar-refractivity contribution is 14.1. The van der Waals surface area contributed by atoms with Gasteiger partial charge in [0.1, 0.15) is 0 Å². The second-order valence-corrected chi connectivity index (χ2v) is 6.54. The maximum absolute atomic E-state index is 12.0. The van der Waals surface area contributed by atoms with Crippen LogP contribution in [-0.4, -0.2) is 25.0 Å². The summed E-state index contributed by atoms with van der Waals surface area (Å²) < 4.78 is 1.91. The molecule has 1 aromatic rings. The van der Waals surface area contributed by atoms with Gasteiger partial charge in [0.05, 0.1) is 5.56 Å². The Morgan fingerprint density at radius 1 is 1.56 bits per heavy atom. The summed E-state index contributed by atoms with van der Waals surface area (Å²) in [5.41, 5.74) is 0.740. The van der Waals surface area contributed by atoms with E-state index >= 15 is 0 Å². The number of halogens is 2. The molecule has 1 fully saturated rings. The third-order valence-corrected chi connectivity index (χ3v) is 4.55. The summed E-state index contributed by atoms with van der Waals surface area (Å²) in [6, 6.07) is 6.33. The minimum atomic E-state index is 0.0127. The minimum Gasteiger partial charge on any atom is -0.352 e. The maximum Gasteiger partial charge on any atom is 0.252 e. The van der Waals surface area contributed by atoms with Gasteiger partial charge in [-0.25, -0.2) is 0 Å². The van der Waals surface area contributed by atoms with Crippen molar-refractivity contribution < 1.29 is 4.79 Å². The van der Waals surface area contributed by atoms with Gasteiger partial charge >= 0.3 is 0 Å². The molecule has 0 aromatic heterocycles. The summed E-state index contributed by atoms with van der Waals surface area (Å²) in [6.07, 6.45) is 3.49. The van der Waals surface area contributed by atoms with Crippen LogP contribution in [0.5, 0.6) is 0 Å². The number of nitrogens with one attached hydrogen (secondary N) is 2. The Kier molecular flexibility index (Phi) is 5.44. The molecule has 0 bridgehead atoms. The summed E-state index contributed by atoms with van der Waals surface area (Å²) >= 11 is 5.58. The van der Waals surface area contributed by atoms with Crippen LogP contribution in [0.25, 0.3) is 0 Å². The van der Waals surface area contributed by atoms with Crippen LogP contribution >= 0.6 is 38.5 Å². The van der Waals surface area contributed by atoms with E-state index in [4.69, 9.17) is 0 Å². The lowest BCUT2D eigenvalue weighted by Gasteiger charge is -2.11. The average Bonchev–Trinajstić information content (AvgIpc) is 2.85. The topological polar surface area (TPSA) is 41.1 Å². The Hall–Kier alpha value is -0.140. The van der Waals surface area contributed by atoms with Gasteiger partial charge in [0, 0.05) is 20.6 Å². The third kappa shape index (κ3) is 3.93. The van der Waals surface area contributed by atoms with Crippen molar-refractivity contribution in [2.75, 3.05) is 13.1 Å². The van der Waals surface area contributed by atoms with E-state index in [1.54, 1.807) is 0 Å². The van der Waals surface area contributed by atoms with Crippen LogP contribution in [0.3, 0.4) is 0 Å². The second-order valence-electron chi connectivity index (χ2n) is 4.46. The van der Waals surface area contributed by atoms with Gasteiger partial charge in [-0.05, 0) is 66.6 Å². The molecule has 1 aliphatic heterocycles. The first-order valence-electron chi connectivity index (χ1n) is 6.13. The summed E-state index contributed by atoms with van der Waals surface area (Å²) in [7, 11) is 0. The largest absolute Gasteiger partial charge is 0.352 e. The van der Waals surface area contributed by atoms with Gasteiger partial charge in [0.2, 0.25) is 0 Å². The minimum absolute atomic E-state index is 0.0127. The van der Waals surface area contributed by atoms with E-state index in [0.717, 1.165) is 33.1 Å². The fourth-order valence-electron chi connectivity index (χ4n) is 2.13. The Bertz CT molecular complexity index is 433. The Balaban J connectivity index is 1.85. The number of carbonyl (C=O) groups is 1. The summed E-state index contributed by atoms with van der Waals surface area (Å²) in [6.45, 7) is 1.85. The SMILES string of the molecule is O=C(NCC[C@H]1CCCN1)c1cc(Br)ccc1I. The van der Waals surface area contributed by atoms with Gasteiger partial charge in [-0.3, -0.25) is 4.79 Å². The van der Waals surface area contributed by atoms with Crippen molar-refractivity contribution in [3.63, 3.8) is 0 Å². The molecule has 2 N–H and O–H groups in total. The van der Waals surface area contributed by atoms with Gasteiger partial charge < -0.3 is 10.6 Å². The van der Waals surface area contributed by atoms with Gasteiger partial charge in [-0.1, -0.05) is 15.9 Å². The molecule has 2 rings (SSSR count). The van der Waals surface area contributed by atoms with Crippen LogP contribution in [-0.2, 0) is 0 Å². The van der Waals surface area contributed by atoms with E-state index in [2.05, 4.69) is 49.2 Å². The van der Waals surface area contributed by atoms with Gasteiger partial charge in [0.25, 0.3) is 5.91 Å². The lowest BCUT2D eigenvalue weighted by atomic mass is 10.1. The second kappa shape index (κ2) is 6.86. The molecule has 1 aliphatic rings. The zero-order chi connectivity index (χ0) is 13.0. The number of carbonyl (C=O) groups excluding carboxylic acids is 1. The van der Waals surface area contributed by atoms with Gasteiger partial charge in [0.15, 0.2) is 0 Å². The summed E-state index contributed by atoms with van der Waals surface area (Å²) in [5.74, 6) is 0.0127. The molecule has 1 amide bonds. The fourth-order valence-corrected chi connectivity index (χ4v) is 3.07. The molecule has 1 saturated heterocycles. The number of rotatable bonds is 4. The maximum atomic E-state index is 12.0. The zero-order valence-corrected chi connectivity index (χ0v) is 13.8. The van der Waals surface area contributed by atoms with Crippen LogP contribution in [0.4, 0.5) is 0 Å². The molecule has 98 valence electrons. The van der Waals surface area contributed by atoms with Crippen LogP contribution < -0.4 is 10.6 Å². The van der Waals surface area contributed by atoms with E-state index < -0.39 is 0 Å². The Labute approximate surface area is 129 Å². The zero-order valence-electron chi connectivity index (χ0n) is 10.0. The monoisotopic (exact) mass is 422 g/mol. The smallest absolute Gasteiger partial charge is 0.252 e. The van der Waals surface area contributed by atoms with Crippen molar-refractivity contribution in [1.29, 1.82) is 0 Å². The first-order valence-corrected chi connectivity index (χ1v) is 8.00. The molecule has 0 radical (unpaired) electrons.